The topological polar surface area (TPSA) is 167 Å². The standard InChI is InChI=1S/C10H11N3O5S2/c11-8-4-7-5(2-10(8)20(13,17)18)1-6(3-9(7)14)19(12,15)16/h1-4,14H,11H2,(H2,12,15,16)(H2,13,17,18). The Morgan fingerprint density at radius 2 is 1.50 bits per heavy atom. The van der Waals surface area contributed by atoms with Crippen molar-refractivity contribution in [3.05, 3.63) is 24.3 Å². The zero-order chi connectivity index (χ0) is 15.3. The molecule has 10 heteroatoms. The second-order valence-corrected chi connectivity index (χ2v) is 7.23. The van der Waals surface area contributed by atoms with E-state index in [1.165, 1.54) is 6.07 Å². The highest BCUT2D eigenvalue weighted by molar-refractivity contribution is 7.89. The summed E-state index contributed by atoms with van der Waals surface area (Å²) in [7, 11) is -8.12. The molecule has 20 heavy (non-hydrogen) atoms. The average Bonchev–Trinajstić information content (AvgIpc) is 2.26. The molecule has 0 saturated heterocycles. The summed E-state index contributed by atoms with van der Waals surface area (Å²) < 4.78 is 45.3. The van der Waals surface area contributed by atoms with Gasteiger partial charge in [-0.2, -0.15) is 0 Å². The molecule has 2 aromatic carbocycles. The molecule has 0 fully saturated rings. The highest BCUT2D eigenvalue weighted by Gasteiger charge is 2.17. The van der Waals surface area contributed by atoms with E-state index in [1.54, 1.807) is 0 Å². The van der Waals surface area contributed by atoms with E-state index in [0.717, 1.165) is 18.2 Å². The van der Waals surface area contributed by atoms with E-state index in [1.807, 2.05) is 0 Å². The lowest BCUT2D eigenvalue weighted by atomic mass is 10.1. The number of benzene rings is 2. The van der Waals surface area contributed by atoms with Gasteiger partial charge in [-0.05, 0) is 23.6 Å². The fourth-order valence-electron chi connectivity index (χ4n) is 1.77. The Morgan fingerprint density at radius 1 is 0.900 bits per heavy atom. The summed E-state index contributed by atoms with van der Waals surface area (Å²) in [5, 5.41) is 20.1. The van der Waals surface area contributed by atoms with Crippen molar-refractivity contribution in [2.45, 2.75) is 9.79 Å². The summed E-state index contributed by atoms with van der Waals surface area (Å²) in [6, 6.07) is 4.35. The molecule has 0 aliphatic rings. The third-order valence-corrected chi connectivity index (χ3v) is 4.53. The van der Waals surface area contributed by atoms with Gasteiger partial charge in [0.1, 0.15) is 10.6 Å². The van der Waals surface area contributed by atoms with Crippen molar-refractivity contribution >= 4 is 36.5 Å². The summed E-state index contributed by atoms with van der Waals surface area (Å²) >= 11 is 0. The van der Waals surface area contributed by atoms with Crippen LogP contribution in [0.3, 0.4) is 0 Å². The molecule has 0 aliphatic carbocycles. The van der Waals surface area contributed by atoms with Gasteiger partial charge in [0.25, 0.3) is 0 Å². The number of nitrogens with two attached hydrogens (primary N) is 3. The van der Waals surface area contributed by atoms with Gasteiger partial charge in [0.05, 0.1) is 10.6 Å². The molecular weight excluding hydrogens is 306 g/mol. The molecular formula is C10H11N3O5S2. The predicted molar refractivity (Wildman–Crippen MR) is 72.8 cm³/mol. The Labute approximate surface area is 114 Å². The maximum Gasteiger partial charge on any atom is 0.240 e. The van der Waals surface area contributed by atoms with Crippen LogP contribution in [-0.4, -0.2) is 21.9 Å². The summed E-state index contributed by atoms with van der Waals surface area (Å²) in [4.78, 5) is -0.719. The van der Waals surface area contributed by atoms with Crippen LogP contribution in [0.1, 0.15) is 0 Å². The van der Waals surface area contributed by atoms with Gasteiger partial charge >= 0.3 is 0 Å². The third-order valence-electron chi connectivity index (χ3n) is 2.67. The van der Waals surface area contributed by atoms with Crippen LogP contribution in [0, 0.1) is 0 Å². The lowest BCUT2D eigenvalue weighted by Gasteiger charge is -2.09. The molecule has 2 aromatic rings. The second-order valence-electron chi connectivity index (χ2n) is 4.14. The van der Waals surface area contributed by atoms with Gasteiger partial charge in [-0.25, -0.2) is 27.1 Å². The molecule has 0 bridgehead atoms. The number of fused-ring (bicyclic) bond motifs is 1. The molecule has 0 aromatic heterocycles. The van der Waals surface area contributed by atoms with Gasteiger partial charge in [-0.15, -0.1) is 0 Å². The number of hydrogen-bond donors (Lipinski definition) is 4. The van der Waals surface area contributed by atoms with E-state index in [-0.39, 0.29) is 32.0 Å². The SMILES string of the molecule is Nc1cc2c(O)cc(S(N)(=O)=O)cc2cc1S(N)(=O)=O. The molecule has 0 heterocycles. The lowest BCUT2D eigenvalue weighted by molar-refractivity contribution is 0.479. The van der Waals surface area contributed by atoms with Crippen LogP contribution in [0.15, 0.2) is 34.1 Å². The van der Waals surface area contributed by atoms with Crippen LogP contribution in [0.4, 0.5) is 5.69 Å². The van der Waals surface area contributed by atoms with E-state index >= 15 is 0 Å². The highest BCUT2D eigenvalue weighted by Crippen LogP contribution is 2.32. The fraction of sp³-hybridized carbons (Fsp3) is 0. The van der Waals surface area contributed by atoms with E-state index in [9.17, 15) is 21.9 Å². The normalized spacial score (nSPS) is 12.7. The van der Waals surface area contributed by atoms with Crippen LogP contribution in [-0.2, 0) is 20.0 Å². The molecule has 0 spiro atoms. The summed E-state index contributed by atoms with van der Waals surface area (Å²) in [6.45, 7) is 0. The van der Waals surface area contributed by atoms with Gasteiger partial charge in [0.2, 0.25) is 20.0 Å². The molecule has 0 saturated carbocycles. The first-order valence-electron chi connectivity index (χ1n) is 5.12. The van der Waals surface area contributed by atoms with E-state index in [4.69, 9.17) is 16.0 Å². The monoisotopic (exact) mass is 317 g/mol. The quantitative estimate of drug-likeness (QED) is 0.541. The highest BCUT2D eigenvalue weighted by atomic mass is 32.2. The van der Waals surface area contributed by atoms with Crippen LogP contribution in [0.5, 0.6) is 5.75 Å². The number of sulfonamides is 2. The van der Waals surface area contributed by atoms with Crippen LogP contribution in [0.2, 0.25) is 0 Å². The minimum atomic E-state index is -4.07. The number of phenols is 1. The molecule has 7 N–H and O–H groups in total. The molecule has 2 rings (SSSR count). The van der Waals surface area contributed by atoms with Gasteiger partial charge in [-0.3, -0.25) is 0 Å². The molecule has 108 valence electrons. The minimum Gasteiger partial charge on any atom is -0.507 e. The predicted octanol–water partition coefficient (Wildman–Crippen LogP) is -0.578. The van der Waals surface area contributed by atoms with Crippen LogP contribution >= 0.6 is 0 Å². The number of primary sulfonamides is 2. The Kier molecular flexibility index (Phi) is 3.13. The number of rotatable bonds is 2. The molecule has 0 radical (unpaired) electrons. The number of phenolic OH excluding ortho intramolecular Hbond substituents is 1. The smallest absolute Gasteiger partial charge is 0.240 e. The molecule has 8 nitrogen and oxygen atoms in total. The lowest BCUT2D eigenvalue weighted by Crippen LogP contribution is -2.14. The number of nitrogen functional groups attached to an aromatic ring is 1. The molecule has 0 amide bonds. The maximum atomic E-state index is 11.4. The zero-order valence-electron chi connectivity index (χ0n) is 9.94. The third kappa shape index (κ3) is 2.54. The summed E-state index contributed by atoms with van der Waals surface area (Å²) in [5.41, 5.74) is 5.40. The number of aromatic hydroxyl groups is 1. The van der Waals surface area contributed by atoms with Crippen molar-refractivity contribution in [2.24, 2.45) is 10.3 Å². The number of hydrogen-bond acceptors (Lipinski definition) is 6. The average molecular weight is 317 g/mol. The van der Waals surface area contributed by atoms with E-state index in [2.05, 4.69) is 0 Å². The Bertz CT molecular complexity index is 920. The summed E-state index contributed by atoms with van der Waals surface area (Å²) in [6.07, 6.45) is 0. The van der Waals surface area contributed by atoms with Crippen molar-refractivity contribution in [1.82, 2.24) is 0 Å². The van der Waals surface area contributed by atoms with Crippen molar-refractivity contribution in [3.63, 3.8) is 0 Å². The largest absolute Gasteiger partial charge is 0.507 e. The minimum absolute atomic E-state index is 0.132. The fourth-order valence-corrected chi connectivity index (χ4v) is 3.02. The Hall–Kier alpha value is -1.88. The van der Waals surface area contributed by atoms with Crippen molar-refractivity contribution < 1.29 is 21.9 Å². The zero-order valence-corrected chi connectivity index (χ0v) is 11.6. The van der Waals surface area contributed by atoms with Crippen LogP contribution in [0.25, 0.3) is 10.8 Å². The first kappa shape index (κ1) is 14.5. The molecule has 0 atom stereocenters. The van der Waals surface area contributed by atoms with Crippen molar-refractivity contribution in [3.8, 4) is 5.75 Å². The van der Waals surface area contributed by atoms with Gasteiger partial charge in [0.15, 0.2) is 0 Å². The summed E-state index contributed by atoms with van der Waals surface area (Å²) in [5.74, 6) is -0.390. The van der Waals surface area contributed by atoms with Crippen LogP contribution < -0.4 is 16.0 Å². The maximum absolute atomic E-state index is 11.4. The van der Waals surface area contributed by atoms with Gasteiger partial charge < -0.3 is 10.8 Å². The van der Waals surface area contributed by atoms with Gasteiger partial charge in [-0.1, -0.05) is 0 Å². The van der Waals surface area contributed by atoms with Crippen molar-refractivity contribution in [2.75, 3.05) is 5.73 Å². The Balaban J connectivity index is 2.93. The molecule has 0 unspecified atom stereocenters. The Morgan fingerprint density at radius 3 is 2.00 bits per heavy atom. The van der Waals surface area contributed by atoms with E-state index in [0.29, 0.717) is 0 Å². The molecule has 0 aliphatic heterocycles. The first-order valence-corrected chi connectivity index (χ1v) is 8.21. The number of anilines is 1. The van der Waals surface area contributed by atoms with E-state index < -0.39 is 20.0 Å². The first-order chi connectivity index (χ1) is 9.00. The van der Waals surface area contributed by atoms with Crippen molar-refractivity contribution in [1.29, 1.82) is 0 Å². The second kappa shape index (κ2) is 4.31. The van der Waals surface area contributed by atoms with Gasteiger partial charge in [0, 0.05) is 11.5 Å².